The number of carbonyl (C=O) groups is 2. The fourth-order valence-electron chi connectivity index (χ4n) is 4.85. The molecule has 2 aliphatic rings. The van der Waals surface area contributed by atoms with Crippen LogP contribution in [0.4, 0.5) is 0 Å². The van der Waals surface area contributed by atoms with E-state index in [1.54, 1.807) is 0 Å². The number of nitrogens with one attached hydrogen (secondary N) is 1. The van der Waals surface area contributed by atoms with E-state index < -0.39 is 5.92 Å². The van der Waals surface area contributed by atoms with Crippen molar-refractivity contribution in [2.24, 2.45) is 0 Å². The van der Waals surface area contributed by atoms with Crippen LogP contribution < -0.4 is 14.8 Å². The van der Waals surface area contributed by atoms with Crippen molar-refractivity contribution in [2.75, 3.05) is 26.3 Å². The summed E-state index contributed by atoms with van der Waals surface area (Å²) >= 11 is 0. The van der Waals surface area contributed by atoms with Crippen molar-refractivity contribution in [2.45, 2.75) is 52.0 Å². The summed E-state index contributed by atoms with van der Waals surface area (Å²) in [5.41, 5.74) is 3.50. The number of carbonyl (C=O) groups excluding carboxylic acids is 2. The van der Waals surface area contributed by atoms with Gasteiger partial charge in [-0.2, -0.15) is 0 Å². The molecule has 0 radical (unpaired) electrons. The zero-order valence-corrected chi connectivity index (χ0v) is 19.1. The molecule has 2 aliphatic heterocycles. The number of rotatable bonds is 8. The lowest BCUT2D eigenvalue weighted by molar-refractivity contribution is -0.124. The highest BCUT2D eigenvalue weighted by molar-refractivity contribution is 6.01. The summed E-state index contributed by atoms with van der Waals surface area (Å²) in [6.07, 6.45) is 2.66. The molecule has 170 valence electrons. The van der Waals surface area contributed by atoms with E-state index >= 15 is 0 Å². The first-order chi connectivity index (χ1) is 15.6. The first-order valence-electron chi connectivity index (χ1n) is 11.7. The third-order valence-electron chi connectivity index (χ3n) is 6.30. The normalized spacial score (nSPS) is 19.0. The molecule has 6 nitrogen and oxygen atoms in total. The fourth-order valence-corrected chi connectivity index (χ4v) is 4.85. The maximum atomic E-state index is 13.5. The van der Waals surface area contributed by atoms with Gasteiger partial charge in [0, 0.05) is 18.7 Å². The Hall–Kier alpha value is -3.02. The number of benzene rings is 2. The highest BCUT2D eigenvalue weighted by atomic mass is 16.5. The quantitative estimate of drug-likeness (QED) is 0.629. The second-order valence-electron chi connectivity index (χ2n) is 8.27. The van der Waals surface area contributed by atoms with Gasteiger partial charge < -0.3 is 19.7 Å². The molecule has 32 heavy (non-hydrogen) atoms. The molecule has 0 spiro atoms. The van der Waals surface area contributed by atoms with Crippen molar-refractivity contribution in [1.29, 1.82) is 0 Å². The molecule has 6 heteroatoms. The third-order valence-corrected chi connectivity index (χ3v) is 6.30. The zero-order chi connectivity index (χ0) is 22.7. The van der Waals surface area contributed by atoms with Crippen LogP contribution in [0.3, 0.4) is 0 Å². The molecule has 2 atom stereocenters. The van der Waals surface area contributed by atoms with E-state index in [2.05, 4.69) is 12.2 Å². The highest BCUT2D eigenvalue weighted by Gasteiger charge is 2.46. The van der Waals surface area contributed by atoms with Crippen molar-refractivity contribution >= 4 is 11.8 Å². The highest BCUT2D eigenvalue weighted by Crippen LogP contribution is 2.48. The molecule has 0 aliphatic carbocycles. The summed E-state index contributed by atoms with van der Waals surface area (Å²) in [4.78, 5) is 28.8. The molecule has 2 aromatic carbocycles. The second kappa shape index (κ2) is 9.63. The second-order valence-corrected chi connectivity index (χ2v) is 8.27. The van der Waals surface area contributed by atoms with E-state index in [1.807, 2.05) is 55.1 Å². The summed E-state index contributed by atoms with van der Waals surface area (Å²) in [5.74, 6) is 0.862. The van der Waals surface area contributed by atoms with Gasteiger partial charge in [-0.1, -0.05) is 31.5 Å². The molecule has 2 amide bonds. The first-order valence-corrected chi connectivity index (χ1v) is 11.7. The van der Waals surface area contributed by atoms with Crippen LogP contribution in [0, 0.1) is 0 Å². The van der Waals surface area contributed by atoms with Crippen molar-refractivity contribution in [3.05, 3.63) is 58.7 Å². The number of hydrogen-bond acceptors (Lipinski definition) is 4. The summed E-state index contributed by atoms with van der Waals surface area (Å²) in [5, 5.41) is 3.11. The summed E-state index contributed by atoms with van der Waals surface area (Å²) < 4.78 is 11.7. The molecule has 0 bridgehead atoms. The Morgan fingerprint density at radius 2 is 1.78 bits per heavy atom. The van der Waals surface area contributed by atoms with Gasteiger partial charge in [0.2, 0.25) is 5.91 Å². The Bertz CT molecular complexity index is 1000. The minimum Gasteiger partial charge on any atom is -0.490 e. The van der Waals surface area contributed by atoms with Crippen LogP contribution in [-0.4, -0.2) is 43.0 Å². The van der Waals surface area contributed by atoms with Gasteiger partial charge in [-0.05, 0) is 61.6 Å². The summed E-state index contributed by atoms with van der Waals surface area (Å²) in [7, 11) is 0. The van der Waals surface area contributed by atoms with Crippen LogP contribution in [0.25, 0.3) is 0 Å². The van der Waals surface area contributed by atoms with Gasteiger partial charge in [0.25, 0.3) is 5.91 Å². The summed E-state index contributed by atoms with van der Waals surface area (Å²) in [6.45, 7) is 8.25. The fraction of sp³-hybridized carbons (Fsp3) is 0.462. The third kappa shape index (κ3) is 3.94. The molecular formula is C26H32N2O4. The van der Waals surface area contributed by atoms with Crippen molar-refractivity contribution in [3.63, 3.8) is 0 Å². The van der Waals surface area contributed by atoms with Crippen LogP contribution >= 0.6 is 0 Å². The van der Waals surface area contributed by atoms with Crippen LogP contribution in [0.2, 0.25) is 0 Å². The van der Waals surface area contributed by atoms with Crippen molar-refractivity contribution < 1.29 is 19.1 Å². The number of ether oxygens (including phenoxy) is 2. The minimum atomic E-state index is -0.466. The predicted octanol–water partition coefficient (Wildman–Crippen LogP) is 4.24. The van der Waals surface area contributed by atoms with Gasteiger partial charge >= 0.3 is 0 Å². The van der Waals surface area contributed by atoms with E-state index in [1.165, 1.54) is 0 Å². The van der Waals surface area contributed by atoms with Crippen LogP contribution in [0.5, 0.6) is 11.5 Å². The van der Waals surface area contributed by atoms with E-state index in [0.29, 0.717) is 43.4 Å². The van der Waals surface area contributed by atoms with Gasteiger partial charge in [0.1, 0.15) is 0 Å². The lowest BCUT2D eigenvalue weighted by Gasteiger charge is -2.45. The van der Waals surface area contributed by atoms with E-state index in [9.17, 15) is 9.59 Å². The first kappa shape index (κ1) is 22.2. The Labute approximate surface area is 189 Å². The van der Waals surface area contributed by atoms with Gasteiger partial charge in [0.05, 0.1) is 25.2 Å². The average Bonchev–Trinajstić information content (AvgIpc) is 2.80. The predicted molar refractivity (Wildman–Crippen MR) is 123 cm³/mol. The average molecular weight is 437 g/mol. The van der Waals surface area contributed by atoms with Gasteiger partial charge in [-0.3, -0.25) is 9.59 Å². The summed E-state index contributed by atoms with van der Waals surface area (Å²) in [6, 6.07) is 11.2. The SMILES string of the molecule is CCCCNC(=O)[C@H]1c2ccccc2C(=O)N2CCc3cc(OCC)c(OCC)cc3[C@@H]12. The standard InChI is InChI=1S/C26H32N2O4/c1-4-7-13-27-25(29)23-18-10-8-9-11-19(18)26(30)28-14-12-17-15-21(31-5-2)22(32-6-3)16-20(17)24(23)28/h8-11,15-16,23-24H,4-7,12-14H2,1-3H3,(H,27,29)/t23-,24-/m0/s1. The van der Waals surface area contributed by atoms with Crippen LogP contribution in [-0.2, 0) is 11.2 Å². The zero-order valence-electron chi connectivity index (χ0n) is 19.1. The largest absolute Gasteiger partial charge is 0.490 e. The smallest absolute Gasteiger partial charge is 0.254 e. The molecule has 0 unspecified atom stereocenters. The van der Waals surface area contributed by atoms with Gasteiger partial charge in [-0.15, -0.1) is 0 Å². The minimum absolute atomic E-state index is 0.0132. The molecule has 0 saturated heterocycles. The molecule has 0 saturated carbocycles. The molecule has 4 rings (SSSR count). The number of hydrogen-bond donors (Lipinski definition) is 1. The lowest BCUT2D eigenvalue weighted by Crippen LogP contribution is -2.50. The van der Waals surface area contributed by atoms with Crippen LogP contribution in [0.1, 0.15) is 72.6 Å². The van der Waals surface area contributed by atoms with Crippen LogP contribution in [0.15, 0.2) is 36.4 Å². The number of amides is 2. The molecule has 1 N–H and O–H groups in total. The van der Waals surface area contributed by atoms with Gasteiger partial charge in [-0.25, -0.2) is 0 Å². The Kier molecular flexibility index (Phi) is 6.68. The number of nitrogens with zero attached hydrogens (tertiary/aromatic N) is 1. The molecule has 0 aromatic heterocycles. The molecular weight excluding hydrogens is 404 g/mol. The number of unbranched alkanes of at least 4 members (excludes halogenated alkanes) is 1. The Morgan fingerprint density at radius 3 is 2.50 bits per heavy atom. The molecule has 2 aromatic rings. The topological polar surface area (TPSA) is 67.9 Å². The van der Waals surface area contributed by atoms with Crippen molar-refractivity contribution in [1.82, 2.24) is 10.2 Å². The molecule has 0 fully saturated rings. The molecule has 2 heterocycles. The monoisotopic (exact) mass is 436 g/mol. The van der Waals surface area contributed by atoms with E-state index in [0.717, 1.165) is 36.0 Å². The maximum absolute atomic E-state index is 13.5. The van der Waals surface area contributed by atoms with Gasteiger partial charge in [0.15, 0.2) is 11.5 Å². The number of fused-ring (bicyclic) bond motifs is 4. The Morgan fingerprint density at radius 1 is 1.06 bits per heavy atom. The van der Waals surface area contributed by atoms with E-state index in [4.69, 9.17) is 9.47 Å². The lowest BCUT2D eigenvalue weighted by atomic mass is 9.75. The maximum Gasteiger partial charge on any atom is 0.254 e. The Balaban J connectivity index is 1.83. The van der Waals surface area contributed by atoms with E-state index in [-0.39, 0.29) is 17.9 Å². The van der Waals surface area contributed by atoms with Crippen molar-refractivity contribution in [3.8, 4) is 11.5 Å².